The average Bonchev–Trinajstić information content (AvgIpc) is 2.50. The van der Waals surface area contributed by atoms with Gasteiger partial charge < -0.3 is 9.84 Å². The third kappa shape index (κ3) is 3.96. The summed E-state index contributed by atoms with van der Waals surface area (Å²) in [6.07, 6.45) is 0.476. The van der Waals surface area contributed by atoms with Crippen molar-refractivity contribution < 1.29 is 23.1 Å². The molecule has 0 amide bonds. The minimum atomic E-state index is -3.19. The molecule has 1 aliphatic heterocycles. The van der Waals surface area contributed by atoms with Gasteiger partial charge in [0.2, 0.25) is 0 Å². The summed E-state index contributed by atoms with van der Waals surface area (Å²) in [5.41, 5.74) is -1.13. The van der Waals surface area contributed by atoms with E-state index in [1.165, 1.54) is 0 Å². The molecule has 0 aromatic carbocycles. The van der Waals surface area contributed by atoms with Crippen molar-refractivity contribution in [2.75, 3.05) is 24.7 Å². The summed E-state index contributed by atoms with van der Waals surface area (Å²) in [4.78, 5) is 11.2. The van der Waals surface area contributed by atoms with Crippen molar-refractivity contribution in [2.45, 2.75) is 26.7 Å². The molecule has 1 atom stereocenters. The van der Waals surface area contributed by atoms with Crippen LogP contribution >= 0.6 is 0 Å². The summed E-state index contributed by atoms with van der Waals surface area (Å²) in [7, 11) is -3.19. The molecular weight excluding hydrogens is 244 g/mol. The van der Waals surface area contributed by atoms with Gasteiger partial charge in [-0.25, -0.2) is 8.42 Å². The molecule has 1 fully saturated rings. The van der Waals surface area contributed by atoms with E-state index in [-0.39, 0.29) is 24.3 Å². The molecule has 0 saturated carbocycles. The first-order chi connectivity index (χ1) is 7.77. The van der Waals surface area contributed by atoms with Crippen LogP contribution in [0.4, 0.5) is 0 Å². The van der Waals surface area contributed by atoms with E-state index in [0.717, 1.165) is 0 Å². The number of carboxylic acid groups (broad SMARTS) is 1. The predicted molar refractivity (Wildman–Crippen MR) is 63.6 cm³/mol. The molecule has 100 valence electrons. The molecule has 0 bridgehead atoms. The number of ether oxygens (including phenoxy) is 1. The quantitative estimate of drug-likeness (QED) is 0.722. The molecule has 1 rings (SSSR count). The molecule has 1 saturated heterocycles. The van der Waals surface area contributed by atoms with Gasteiger partial charge in [-0.15, -0.1) is 0 Å². The Balaban J connectivity index is 2.54. The molecule has 17 heavy (non-hydrogen) atoms. The van der Waals surface area contributed by atoms with E-state index in [4.69, 9.17) is 4.74 Å². The lowest BCUT2D eigenvalue weighted by atomic mass is 9.84. The first kappa shape index (κ1) is 14.4. The Kier molecular flexibility index (Phi) is 4.55. The molecule has 0 radical (unpaired) electrons. The highest BCUT2D eigenvalue weighted by molar-refractivity contribution is 7.91. The second kappa shape index (κ2) is 5.35. The monoisotopic (exact) mass is 264 g/mol. The lowest BCUT2D eigenvalue weighted by molar-refractivity contribution is -0.148. The van der Waals surface area contributed by atoms with Crippen LogP contribution < -0.4 is 0 Å². The van der Waals surface area contributed by atoms with Gasteiger partial charge in [0.1, 0.15) is 0 Å². The fourth-order valence-electron chi connectivity index (χ4n) is 1.98. The van der Waals surface area contributed by atoms with Crippen LogP contribution in [0.25, 0.3) is 0 Å². The summed E-state index contributed by atoms with van der Waals surface area (Å²) in [6.45, 7) is 4.89. The molecule has 0 aromatic heterocycles. The maximum atomic E-state index is 11.4. The molecule has 0 aliphatic carbocycles. The first-order valence-electron chi connectivity index (χ1n) is 5.79. The Bertz CT molecular complexity index is 373. The third-order valence-electron chi connectivity index (χ3n) is 3.02. The normalized spacial score (nSPS) is 27.5. The zero-order chi connectivity index (χ0) is 13.1. The Morgan fingerprint density at radius 3 is 2.53 bits per heavy atom. The van der Waals surface area contributed by atoms with Crippen LogP contribution in [0.3, 0.4) is 0 Å². The van der Waals surface area contributed by atoms with Crippen LogP contribution in [-0.4, -0.2) is 44.2 Å². The Morgan fingerprint density at radius 2 is 2.12 bits per heavy atom. The SMILES string of the molecule is CC(C)COCCC1(C(=O)O)CCS(=O)(=O)C1. The van der Waals surface area contributed by atoms with Crippen LogP contribution in [0.15, 0.2) is 0 Å². The molecular formula is C11H20O5S. The lowest BCUT2D eigenvalue weighted by Gasteiger charge is -2.22. The Hall–Kier alpha value is -0.620. The summed E-state index contributed by atoms with van der Waals surface area (Å²) in [6, 6.07) is 0. The second-order valence-electron chi connectivity index (χ2n) is 5.15. The third-order valence-corrected chi connectivity index (χ3v) is 4.84. The lowest BCUT2D eigenvalue weighted by Crippen LogP contribution is -2.33. The number of aliphatic carboxylic acids is 1. The Morgan fingerprint density at radius 1 is 1.47 bits per heavy atom. The van der Waals surface area contributed by atoms with E-state index in [1.54, 1.807) is 0 Å². The van der Waals surface area contributed by atoms with Gasteiger partial charge in [0.25, 0.3) is 0 Å². The van der Waals surface area contributed by atoms with Crippen molar-refractivity contribution in [2.24, 2.45) is 11.3 Å². The van der Waals surface area contributed by atoms with Crippen LogP contribution in [0.5, 0.6) is 0 Å². The fraction of sp³-hybridized carbons (Fsp3) is 0.909. The summed E-state index contributed by atoms with van der Waals surface area (Å²) < 4.78 is 28.1. The topological polar surface area (TPSA) is 80.7 Å². The Labute approximate surface area is 102 Å². The maximum Gasteiger partial charge on any atom is 0.310 e. The van der Waals surface area contributed by atoms with E-state index >= 15 is 0 Å². The molecule has 5 nitrogen and oxygen atoms in total. The number of carbonyl (C=O) groups is 1. The van der Waals surface area contributed by atoms with E-state index in [2.05, 4.69) is 0 Å². The van der Waals surface area contributed by atoms with Crippen molar-refractivity contribution in [1.29, 1.82) is 0 Å². The molecule has 1 heterocycles. The first-order valence-corrected chi connectivity index (χ1v) is 7.61. The van der Waals surface area contributed by atoms with Crippen LogP contribution in [0.2, 0.25) is 0 Å². The van der Waals surface area contributed by atoms with E-state index in [1.807, 2.05) is 13.8 Å². The van der Waals surface area contributed by atoms with Crippen molar-refractivity contribution in [3.05, 3.63) is 0 Å². The number of sulfone groups is 1. The zero-order valence-electron chi connectivity index (χ0n) is 10.3. The summed E-state index contributed by atoms with van der Waals surface area (Å²) in [5.74, 6) is -0.904. The van der Waals surface area contributed by atoms with Gasteiger partial charge in [0.15, 0.2) is 9.84 Å². The summed E-state index contributed by atoms with van der Waals surface area (Å²) in [5, 5.41) is 9.18. The largest absolute Gasteiger partial charge is 0.481 e. The van der Waals surface area contributed by atoms with E-state index < -0.39 is 21.2 Å². The van der Waals surface area contributed by atoms with E-state index in [0.29, 0.717) is 19.1 Å². The van der Waals surface area contributed by atoms with E-state index in [9.17, 15) is 18.3 Å². The van der Waals surface area contributed by atoms with Crippen molar-refractivity contribution in [3.63, 3.8) is 0 Å². The van der Waals surface area contributed by atoms with Gasteiger partial charge in [-0.3, -0.25) is 4.79 Å². The van der Waals surface area contributed by atoms with Gasteiger partial charge in [-0.05, 0) is 18.8 Å². The molecule has 1 aliphatic rings. The predicted octanol–water partition coefficient (Wildman–Crippen LogP) is 0.939. The van der Waals surface area contributed by atoms with Crippen molar-refractivity contribution in [3.8, 4) is 0 Å². The average molecular weight is 264 g/mol. The highest BCUT2D eigenvalue weighted by Crippen LogP contribution is 2.36. The number of rotatable bonds is 6. The molecule has 1 unspecified atom stereocenters. The van der Waals surface area contributed by atoms with Gasteiger partial charge in [0, 0.05) is 13.2 Å². The van der Waals surface area contributed by atoms with Gasteiger partial charge in [-0.2, -0.15) is 0 Å². The standard InChI is InChI=1S/C11H20O5S/c1-9(2)7-16-5-3-11(10(12)13)4-6-17(14,15)8-11/h9H,3-8H2,1-2H3,(H,12,13). The highest BCUT2D eigenvalue weighted by atomic mass is 32.2. The van der Waals surface area contributed by atoms with Crippen molar-refractivity contribution in [1.82, 2.24) is 0 Å². The van der Waals surface area contributed by atoms with Crippen molar-refractivity contribution >= 4 is 15.8 Å². The minimum Gasteiger partial charge on any atom is -0.481 e. The van der Waals surface area contributed by atoms with Gasteiger partial charge >= 0.3 is 5.97 Å². The van der Waals surface area contributed by atoms with Gasteiger partial charge in [-0.1, -0.05) is 13.8 Å². The minimum absolute atomic E-state index is 0.0243. The highest BCUT2D eigenvalue weighted by Gasteiger charge is 2.47. The maximum absolute atomic E-state index is 11.4. The number of hydrogen-bond donors (Lipinski definition) is 1. The molecule has 0 aromatic rings. The molecule has 0 spiro atoms. The molecule has 6 heteroatoms. The summed E-state index contributed by atoms with van der Waals surface area (Å²) >= 11 is 0. The number of hydrogen-bond acceptors (Lipinski definition) is 4. The zero-order valence-corrected chi connectivity index (χ0v) is 11.1. The smallest absolute Gasteiger partial charge is 0.310 e. The van der Waals surface area contributed by atoms with Crippen LogP contribution in [0.1, 0.15) is 26.7 Å². The molecule has 1 N–H and O–H groups in total. The second-order valence-corrected chi connectivity index (χ2v) is 7.33. The van der Waals surface area contributed by atoms with Crippen LogP contribution in [-0.2, 0) is 19.4 Å². The van der Waals surface area contributed by atoms with Gasteiger partial charge in [0.05, 0.1) is 16.9 Å². The fourth-order valence-corrected chi connectivity index (χ4v) is 4.08. The van der Waals surface area contributed by atoms with Crippen LogP contribution in [0, 0.1) is 11.3 Å². The number of carboxylic acids is 1.